The summed E-state index contributed by atoms with van der Waals surface area (Å²) in [5.74, 6) is -0.390. The molecular weight excluding hydrogens is 264 g/mol. The zero-order valence-corrected chi connectivity index (χ0v) is 12.6. The SMILES string of the molecule is CC(NC(=O)CC(=O)NC1CCCCC1)c1ccccc1. The summed E-state index contributed by atoms with van der Waals surface area (Å²) in [6, 6.07) is 9.92. The van der Waals surface area contributed by atoms with Crippen molar-refractivity contribution in [2.75, 3.05) is 0 Å². The largest absolute Gasteiger partial charge is 0.353 e. The second-order valence-corrected chi connectivity index (χ2v) is 5.78. The van der Waals surface area contributed by atoms with Gasteiger partial charge < -0.3 is 10.6 Å². The van der Waals surface area contributed by atoms with Crippen LogP contribution in [0.2, 0.25) is 0 Å². The minimum absolute atomic E-state index is 0.0822. The summed E-state index contributed by atoms with van der Waals surface area (Å²) in [5.41, 5.74) is 1.04. The Balaban J connectivity index is 1.74. The van der Waals surface area contributed by atoms with Gasteiger partial charge in [0.05, 0.1) is 6.04 Å². The van der Waals surface area contributed by atoms with Crippen LogP contribution >= 0.6 is 0 Å². The van der Waals surface area contributed by atoms with Crippen molar-refractivity contribution in [1.82, 2.24) is 10.6 Å². The highest BCUT2D eigenvalue weighted by atomic mass is 16.2. The van der Waals surface area contributed by atoms with Crippen LogP contribution in [0.1, 0.15) is 57.1 Å². The number of carbonyl (C=O) groups is 2. The van der Waals surface area contributed by atoms with Crippen LogP contribution in [0.5, 0.6) is 0 Å². The fraction of sp³-hybridized carbons (Fsp3) is 0.529. The van der Waals surface area contributed by atoms with E-state index in [9.17, 15) is 9.59 Å². The first-order valence-electron chi connectivity index (χ1n) is 7.79. The zero-order valence-electron chi connectivity index (χ0n) is 12.6. The molecule has 114 valence electrons. The third kappa shape index (κ3) is 5.21. The third-order valence-corrected chi connectivity index (χ3v) is 3.97. The minimum atomic E-state index is -0.223. The van der Waals surface area contributed by atoms with E-state index in [1.165, 1.54) is 19.3 Å². The molecule has 2 N–H and O–H groups in total. The van der Waals surface area contributed by atoms with Crippen molar-refractivity contribution in [2.24, 2.45) is 0 Å². The van der Waals surface area contributed by atoms with E-state index in [0.29, 0.717) is 0 Å². The Morgan fingerprint density at radius 3 is 2.43 bits per heavy atom. The molecule has 0 bridgehead atoms. The van der Waals surface area contributed by atoms with E-state index >= 15 is 0 Å². The van der Waals surface area contributed by atoms with Crippen molar-refractivity contribution < 1.29 is 9.59 Å². The van der Waals surface area contributed by atoms with E-state index in [1.807, 2.05) is 37.3 Å². The molecular formula is C17H24N2O2. The Labute approximate surface area is 126 Å². The van der Waals surface area contributed by atoms with E-state index in [-0.39, 0.29) is 30.3 Å². The van der Waals surface area contributed by atoms with Crippen LogP contribution in [-0.4, -0.2) is 17.9 Å². The fourth-order valence-corrected chi connectivity index (χ4v) is 2.79. The molecule has 1 aliphatic carbocycles. The van der Waals surface area contributed by atoms with Gasteiger partial charge in [0, 0.05) is 6.04 Å². The lowest BCUT2D eigenvalue weighted by Crippen LogP contribution is -2.39. The predicted octanol–water partition coefficient (Wildman–Crippen LogP) is 2.70. The standard InChI is InChI=1S/C17H24N2O2/c1-13(14-8-4-2-5-9-14)18-16(20)12-17(21)19-15-10-6-3-7-11-15/h2,4-5,8-9,13,15H,3,6-7,10-12H2,1H3,(H,18,20)(H,19,21). The highest BCUT2D eigenvalue weighted by Gasteiger charge is 2.18. The summed E-state index contributed by atoms with van der Waals surface area (Å²) in [4.78, 5) is 23.8. The Morgan fingerprint density at radius 2 is 1.76 bits per heavy atom. The number of benzene rings is 1. The molecule has 2 amide bonds. The van der Waals surface area contributed by atoms with Crippen LogP contribution in [0.3, 0.4) is 0 Å². The number of hydrogen-bond acceptors (Lipinski definition) is 2. The monoisotopic (exact) mass is 288 g/mol. The molecule has 0 heterocycles. The molecule has 1 aromatic rings. The first-order valence-corrected chi connectivity index (χ1v) is 7.79. The van der Waals surface area contributed by atoms with Gasteiger partial charge in [0.2, 0.25) is 11.8 Å². The van der Waals surface area contributed by atoms with Crippen LogP contribution in [0.25, 0.3) is 0 Å². The molecule has 4 nitrogen and oxygen atoms in total. The summed E-state index contributed by atoms with van der Waals surface area (Å²) >= 11 is 0. The van der Waals surface area contributed by atoms with Crippen LogP contribution in [0.15, 0.2) is 30.3 Å². The van der Waals surface area contributed by atoms with Crippen molar-refractivity contribution in [1.29, 1.82) is 0 Å². The summed E-state index contributed by atoms with van der Waals surface area (Å²) in [6.07, 6.45) is 5.57. The van der Waals surface area contributed by atoms with Gasteiger partial charge in [-0.2, -0.15) is 0 Å². The van der Waals surface area contributed by atoms with Crippen molar-refractivity contribution in [3.8, 4) is 0 Å². The van der Waals surface area contributed by atoms with Crippen molar-refractivity contribution in [3.05, 3.63) is 35.9 Å². The lowest BCUT2D eigenvalue weighted by Gasteiger charge is -2.22. The van der Waals surface area contributed by atoms with Gasteiger partial charge in [-0.3, -0.25) is 9.59 Å². The lowest BCUT2D eigenvalue weighted by atomic mass is 9.95. The maximum atomic E-state index is 11.9. The number of carbonyl (C=O) groups excluding carboxylic acids is 2. The van der Waals surface area contributed by atoms with Gasteiger partial charge in [-0.1, -0.05) is 49.6 Å². The van der Waals surface area contributed by atoms with Crippen LogP contribution in [0.4, 0.5) is 0 Å². The van der Waals surface area contributed by atoms with Crippen molar-refractivity contribution in [2.45, 2.75) is 57.5 Å². The average Bonchev–Trinajstić information content (AvgIpc) is 2.48. The fourth-order valence-electron chi connectivity index (χ4n) is 2.79. The molecule has 1 aliphatic rings. The van der Waals surface area contributed by atoms with Gasteiger partial charge in [-0.05, 0) is 25.3 Å². The molecule has 0 spiro atoms. The molecule has 0 radical (unpaired) electrons. The second kappa shape index (κ2) is 7.81. The van der Waals surface area contributed by atoms with E-state index < -0.39 is 0 Å². The Morgan fingerprint density at radius 1 is 1.10 bits per heavy atom. The second-order valence-electron chi connectivity index (χ2n) is 5.78. The smallest absolute Gasteiger partial charge is 0.229 e. The highest BCUT2D eigenvalue weighted by Crippen LogP contribution is 2.17. The number of amides is 2. The Bertz CT molecular complexity index is 467. The molecule has 1 unspecified atom stereocenters. The van der Waals surface area contributed by atoms with Gasteiger partial charge in [0.25, 0.3) is 0 Å². The molecule has 0 aromatic heterocycles. The van der Waals surface area contributed by atoms with Gasteiger partial charge in [-0.25, -0.2) is 0 Å². The molecule has 1 aromatic carbocycles. The number of rotatable bonds is 5. The molecule has 1 fully saturated rings. The summed E-state index contributed by atoms with van der Waals surface area (Å²) in [7, 11) is 0. The quantitative estimate of drug-likeness (QED) is 0.818. The first-order chi connectivity index (χ1) is 10.1. The third-order valence-electron chi connectivity index (χ3n) is 3.97. The van der Waals surface area contributed by atoms with E-state index in [1.54, 1.807) is 0 Å². The van der Waals surface area contributed by atoms with E-state index in [0.717, 1.165) is 18.4 Å². The average molecular weight is 288 g/mol. The number of nitrogens with one attached hydrogen (secondary N) is 2. The van der Waals surface area contributed by atoms with E-state index in [4.69, 9.17) is 0 Å². The molecule has 1 atom stereocenters. The summed E-state index contributed by atoms with van der Waals surface area (Å²) in [5, 5.41) is 5.83. The zero-order chi connectivity index (χ0) is 15.1. The normalized spacial score (nSPS) is 17.0. The lowest BCUT2D eigenvalue weighted by molar-refractivity contribution is -0.130. The van der Waals surface area contributed by atoms with Crippen LogP contribution < -0.4 is 10.6 Å². The van der Waals surface area contributed by atoms with Crippen LogP contribution in [-0.2, 0) is 9.59 Å². The first kappa shape index (κ1) is 15.5. The van der Waals surface area contributed by atoms with Gasteiger partial charge in [0.1, 0.15) is 6.42 Å². The van der Waals surface area contributed by atoms with Gasteiger partial charge in [0.15, 0.2) is 0 Å². The maximum absolute atomic E-state index is 11.9. The van der Waals surface area contributed by atoms with Gasteiger partial charge in [-0.15, -0.1) is 0 Å². The van der Waals surface area contributed by atoms with Crippen LogP contribution in [0, 0.1) is 0 Å². The predicted molar refractivity (Wildman–Crippen MR) is 82.6 cm³/mol. The van der Waals surface area contributed by atoms with E-state index in [2.05, 4.69) is 10.6 Å². The minimum Gasteiger partial charge on any atom is -0.353 e. The molecule has 2 rings (SSSR count). The summed E-state index contributed by atoms with van der Waals surface area (Å²) < 4.78 is 0. The molecule has 21 heavy (non-hydrogen) atoms. The molecule has 0 saturated heterocycles. The van der Waals surface area contributed by atoms with Crippen molar-refractivity contribution >= 4 is 11.8 Å². The Hall–Kier alpha value is -1.84. The maximum Gasteiger partial charge on any atom is 0.229 e. The Kier molecular flexibility index (Phi) is 5.78. The van der Waals surface area contributed by atoms with Gasteiger partial charge >= 0.3 is 0 Å². The molecule has 1 saturated carbocycles. The number of hydrogen-bond donors (Lipinski definition) is 2. The highest BCUT2D eigenvalue weighted by molar-refractivity contribution is 5.97. The molecule has 0 aliphatic heterocycles. The molecule has 4 heteroatoms. The summed E-state index contributed by atoms with van der Waals surface area (Å²) in [6.45, 7) is 1.92. The van der Waals surface area contributed by atoms with Crippen molar-refractivity contribution in [3.63, 3.8) is 0 Å². The topological polar surface area (TPSA) is 58.2 Å².